The first-order valence-electron chi connectivity index (χ1n) is 6.90. The summed E-state index contributed by atoms with van der Waals surface area (Å²) in [6.07, 6.45) is 13.8. The summed E-state index contributed by atoms with van der Waals surface area (Å²) in [4.78, 5) is 4.87. The molecule has 0 aromatic heterocycles. The molecule has 2 aliphatic carbocycles. The number of nitrogens with zero attached hydrogens (tertiary/aromatic N) is 1. The van der Waals surface area contributed by atoms with E-state index in [1.807, 2.05) is 0 Å². The van der Waals surface area contributed by atoms with E-state index in [9.17, 15) is 0 Å². The molecule has 0 radical (unpaired) electrons. The van der Waals surface area contributed by atoms with Crippen LogP contribution < -0.4 is 0 Å². The maximum atomic E-state index is 4.87. The first-order valence-corrected chi connectivity index (χ1v) is 6.90. The molecule has 90 valence electrons. The Morgan fingerprint density at radius 3 is 2.89 bits per heavy atom. The lowest BCUT2D eigenvalue weighted by Gasteiger charge is -2.42. The van der Waals surface area contributed by atoms with Crippen molar-refractivity contribution < 1.29 is 0 Å². The maximum Gasteiger partial charge on any atom is 0.0636 e. The van der Waals surface area contributed by atoms with Crippen LogP contribution >= 0.6 is 0 Å². The van der Waals surface area contributed by atoms with Crippen molar-refractivity contribution in [2.24, 2.45) is 16.8 Å². The van der Waals surface area contributed by atoms with Crippen LogP contribution in [0.4, 0.5) is 0 Å². The second-order valence-electron chi connectivity index (χ2n) is 5.59. The summed E-state index contributed by atoms with van der Waals surface area (Å²) in [6.45, 7) is 0. The number of hydrogen-bond acceptors (Lipinski definition) is 1. The number of rotatable bonds is 0. The summed E-state index contributed by atoms with van der Waals surface area (Å²) in [6, 6.07) is 9.22. The number of hydrogen-bond donors (Lipinski definition) is 0. The van der Waals surface area contributed by atoms with Crippen molar-refractivity contribution in [1.82, 2.24) is 0 Å². The van der Waals surface area contributed by atoms with E-state index in [0.717, 1.165) is 0 Å². The van der Waals surface area contributed by atoms with Crippen molar-refractivity contribution in [3.8, 4) is 0 Å². The van der Waals surface area contributed by atoms with E-state index in [1.165, 1.54) is 24.0 Å². The molecule has 4 unspecified atom stereocenters. The van der Waals surface area contributed by atoms with Gasteiger partial charge in [0.15, 0.2) is 0 Å². The Bertz CT molecular complexity index is 552. The van der Waals surface area contributed by atoms with Crippen LogP contribution in [-0.4, -0.2) is 12.3 Å². The van der Waals surface area contributed by atoms with Gasteiger partial charge in [-0.2, -0.15) is 0 Å². The summed E-state index contributed by atoms with van der Waals surface area (Å²) in [5.74, 6) is 1.95. The third-order valence-corrected chi connectivity index (χ3v) is 4.70. The summed E-state index contributed by atoms with van der Waals surface area (Å²) < 4.78 is 0. The molecule has 3 aliphatic rings. The molecule has 4 rings (SSSR count). The van der Waals surface area contributed by atoms with E-state index in [4.69, 9.17) is 4.99 Å². The van der Waals surface area contributed by atoms with E-state index in [1.54, 1.807) is 0 Å². The second-order valence-corrected chi connectivity index (χ2v) is 5.59. The van der Waals surface area contributed by atoms with E-state index in [-0.39, 0.29) is 0 Å². The number of benzene rings is 1. The Balaban J connectivity index is 1.76. The van der Waals surface area contributed by atoms with Crippen LogP contribution in [0, 0.1) is 11.8 Å². The van der Waals surface area contributed by atoms with Crippen LogP contribution in [0.25, 0.3) is 0 Å². The largest absolute Gasteiger partial charge is 0.288 e. The Morgan fingerprint density at radius 2 is 1.89 bits per heavy atom. The highest BCUT2D eigenvalue weighted by molar-refractivity contribution is 5.83. The zero-order valence-electron chi connectivity index (χ0n) is 10.4. The summed E-state index contributed by atoms with van der Waals surface area (Å²) in [5.41, 5.74) is 2.84. The highest BCUT2D eigenvalue weighted by atomic mass is 14.8. The quantitative estimate of drug-likeness (QED) is 0.650. The number of fused-ring (bicyclic) bond motifs is 5. The SMILES string of the molecule is C1=CC2CCC3c4ccccc4C=NC3C2C=C1. The minimum Gasteiger partial charge on any atom is -0.288 e. The fourth-order valence-electron chi connectivity index (χ4n) is 3.81. The van der Waals surface area contributed by atoms with Crippen molar-refractivity contribution in [3.05, 3.63) is 59.7 Å². The average Bonchev–Trinajstić information content (AvgIpc) is 2.46. The predicted octanol–water partition coefficient (Wildman–Crippen LogP) is 3.72. The molecular formula is C17H17N. The minimum absolute atomic E-state index is 0.458. The first kappa shape index (κ1) is 10.3. The van der Waals surface area contributed by atoms with Gasteiger partial charge in [0.05, 0.1) is 6.04 Å². The van der Waals surface area contributed by atoms with E-state index in [0.29, 0.717) is 23.8 Å². The van der Waals surface area contributed by atoms with E-state index in [2.05, 4.69) is 54.8 Å². The Kier molecular flexibility index (Phi) is 2.26. The zero-order valence-corrected chi connectivity index (χ0v) is 10.4. The standard InChI is InChI=1S/C17H17N/c1-4-8-15-12(5-1)9-10-16-14-7-3-2-6-13(14)11-18-17(15)16/h1-8,11-12,15-17H,9-10H2. The predicted molar refractivity (Wildman–Crippen MR) is 75.1 cm³/mol. The molecule has 1 aromatic carbocycles. The smallest absolute Gasteiger partial charge is 0.0636 e. The van der Waals surface area contributed by atoms with Gasteiger partial charge in [0, 0.05) is 18.1 Å². The topological polar surface area (TPSA) is 12.4 Å². The molecule has 1 heterocycles. The fraction of sp³-hybridized carbons (Fsp3) is 0.353. The van der Waals surface area contributed by atoms with Crippen LogP contribution in [0.1, 0.15) is 29.9 Å². The molecule has 0 bridgehead atoms. The van der Waals surface area contributed by atoms with Gasteiger partial charge in [-0.3, -0.25) is 4.99 Å². The number of allylic oxidation sites excluding steroid dienone is 3. The third-order valence-electron chi connectivity index (χ3n) is 4.70. The van der Waals surface area contributed by atoms with Gasteiger partial charge in [-0.05, 0) is 29.9 Å². The van der Waals surface area contributed by atoms with Crippen LogP contribution in [0.2, 0.25) is 0 Å². The monoisotopic (exact) mass is 235 g/mol. The maximum absolute atomic E-state index is 4.87. The Hall–Kier alpha value is -1.63. The molecule has 1 aromatic rings. The van der Waals surface area contributed by atoms with Crippen molar-refractivity contribution in [2.45, 2.75) is 24.8 Å². The third kappa shape index (κ3) is 1.43. The molecule has 0 spiro atoms. The Morgan fingerprint density at radius 1 is 1.00 bits per heavy atom. The van der Waals surface area contributed by atoms with Crippen molar-refractivity contribution in [2.75, 3.05) is 0 Å². The second kappa shape index (κ2) is 3.94. The average molecular weight is 235 g/mol. The molecule has 1 fully saturated rings. The molecular weight excluding hydrogens is 218 g/mol. The molecule has 1 nitrogen and oxygen atoms in total. The van der Waals surface area contributed by atoms with Gasteiger partial charge in [-0.15, -0.1) is 0 Å². The van der Waals surface area contributed by atoms with Crippen molar-refractivity contribution >= 4 is 6.21 Å². The Labute approximate surface area is 108 Å². The highest BCUT2D eigenvalue weighted by Gasteiger charge is 2.39. The molecule has 1 heteroatoms. The van der Waals surface area contributed by atoms with Gasteiger partial charge in [0.2, 0.25) is 0 Å². The van der Waals surface area contributed by atoms with Gasteiger partial charge in [0.1, 0.15) is 0 Å². The van der Waals surface area contributed by atoms with Crippen LogP contribution in [0.5, 0.6) is 0 Å². The van der Waals surface area contributed by atoms with Gasteiger partial charge >= 0.3 is 0 Å². The summed E-state index contributed by atoms with van der Waals surface area (Å²) in [7, 11) is 0. The lowest BCUT2D eigenvalue weighted by Crippen LogP contribution is -2.37. The number of aliphatic imine (C=N–C) groups is 1. The molecule has 0 N–H and O–H groups in total. The fourth-order valence-corrected chi connectivity index (χ4v) is 3.81. The summed E-state index contributed by atoms with van der Waals surface area (Å²) >= 11 is 0. The van der Waals surface area contributed by atoms with Gasteiger partial charge < -0.3 is 0 Å². The molecule has 1 saturated carbocycles. The molecule has 0 saturated heterocycles. The van der Waals surface area contributed by atoms with Crippen molar-refractivity contribution in [3.63, 3.8) is 0 Å². The summed E-state index contributed by atoms with van der Waals surface area (Å²) in [5, 5.41) is 0. The molecule has 1 aliphatic heterocycles. The lowest BCUT2D eigenvalue weighted by atomic mass is 9.66. The van der Waals surface area contributed by atoms with E-state index >= 15 is 0 Å². The molecule has 0 amide bonds. The molecule has 4 atom stereocenters. The van der Waals surface area contributed by atoms with Crippen LogP contribution in [-0.2, 0) is 0 Å². The van der Waals surface area contributed by atoms with Crippen LogP contribution in [0.15, 0.2) is 53.6 Å². The highest BCUT2D eigenvalue weighted by Crippen LogP contribution is 2.45. The lowest BCUT2D eigenvalue weighted by molar-refractivity contribution is 0.258. The minimum atomic E-state index is 0.458. The zero-order chi connectivity index (χ0) is 11.9. The normalized spacial score (nSPS) is 35.8. The van der Waals surface area contributed by atoms with Crippen LogP contribution in [0.3, 0.4) is 0 Å². The van der Waals surface area contributed by atoms with Gasteiger partial charge in [-0.25, -0.2) is 0 Å². The van der Waals surface area contributed by atoms with Crippen molar-refractivity contribution in [1.29, 1.82) is 0 Å². The first-order chi connectivity index (χ1) is 8.93. The van der Waals surface area contributed by atoms with Gasteiger partial charge in [-0.1, -0.05) is 48.6 Å². The molecule has 18 heavy (non-hydrogen) atoms. The van der Waals surface area contributed by atoms with Gasteiger partial charge in [0.25, 0.3) is 0 Å². The van der Waals surface area contributed by atoms with E-state index < -0.39 is 0 Å².